The maximum absolute atomic E-state index is 11.1. The number of hydrogen-bond donors (Lipinski definition) is 0. The molecule has 2 heterocycles. The Morgan fingerprint density at radius 2 is 2.21 bits per heavy atom. The number of aliphatic carboxylic acids is 1. The van der Waals surface area contributed by atoms with E-state index in [0.717, 1.165) is 0 Å². The van der Waals surface area contributed by atoms with Crippen molar-refractivity contribution in [2.24, 2.45) is 5.41 Å². The van der Waals surface area contributed by atoms with Crippen molar-refractivity contribution in [1.82, 2.24) is 4.90 Å². The Bertz CT molecular complexity index is 335. The first-order valence-electron chi connectivity index (χ1n) is 4.20. The second kappa shape index (κ2) is 3.36. The average molecular weight is 203 g/mol. The van der Waals surface area contributed by atoms with Gasteiger partial charge < -0.3 is 14.8 Å². The minimum absolute atomic E-state index is 0. The van der Waals surface area contributed by atoms with Crippen LogP contribution in [0.1, 0.15) is 20.3 Å². The van der Waals surface area contributed by atoms with E-state index in [0.29, 0.717) is 6.42 Å². The molecule has 0 aromatic heterocycles. The van der Waals surface area contributed by atoms with Crippen molar-refractivity contribution in [2.45, 2.75) is 26.3 Å². The predicted molar refractivity (Wildman–Crippen MR) is 42.1 cm³/mol. The molecule has 0 N–H and O–H groups in total. The molecule has 4 nitrogen and oxygen atoms in total. The van der Waals surface area contributed by atoms with Gasteiger partial charge >= 0.3 is 29.6 Å². The molecule has 0 spiro atoms. The SMILES string of the molecule is CC1(C)C=C(C(=O)[O-])N2C(=O)C[C@H]21.[Na+]. The molecule has 0 aromatic carbocycles. The molecule has 2 rings (SSSR count). The number of nitrogens with zero attached hydrogens (tertiary/aromatic N) is 1. The number of amides is 1. The summed E-state index contributed by atoms with van der Waals surface area (Å²) in [6.07, 6.45) is 2.05. The number of carboxylic acids is 1. The molecular formula is C9H10NNaO3. The monoisotopic (exact) mass is 203 g/mol. The third-order valence-corrected chi connectivity index (χ3v) is 2.78. The van der Waals surface area contributed by atoms with Gasteiger partial charge in [-0.3, -0.25) is 4.79 Å². The first kappa shape index (κ1) is 11.8. The number of β-lactam (4-membered cyclic amide) rings is 1. The maximum Gasteiger partial charge on any atom is 1.00 e. The Morgan fingerprint density at radius 3 is 2.57 bits per heavy atom. The Hall–Kier alpha value is -0.320. The summed E-state index contributed by atoms with van der Waals surface area (Å²) >= 11 is 0. The number of carbonyl (C=O) groups is 2. The van der Waals surface area contributed by atoms with E-state index >= 15 is 0 Å². The number of carbonyl (C=O) groups excluding carboxylic acids is 2. The van der Waals surface area contributed by atoms with E-state index in [9.17, 15) is 14.7 Å². The van der Waals surface area contributed by atoms with Crippen LogP contribution >= 0.6 is 0 Å². The summed E-state index contributed by atoms with van der Waals surface area (Å²) in [7, 11) is 0. The van der Waals surface area contributed by atoms with Crippen molar-refractivity contribution in [3.63, 3.8) is 0 Å². The molecular weight excluding hydrogens is 193 g/mol. The van der Waals surface area contributed by atoms with Crippen LogP contribution < -0.4 is 34.7 Å². The third kappa shape index (κ3) is 1.42. The Balaban J connectivity index is 0.000000980. The van der Waals surface area contributed by atoms with Crippen LogP contribution in [0.4, 0.5) is 0 Å². The topological polar surface area (TPSA) is 60.4 Å². The van der Waals surface area contributed by atoms with E-state index in [1.54, 1.807) is 6.08 Å². The minimum Gasteiger partial charge on any atom is -0.543 e. The standard InChI is InChI=1S/C9H11NO3.Na/c1-9(2)4-5(8(12)13)10-6(9)3-7(10)11;/h4,6H,3H2,1-2H3,(H,12,13);/q;+1/p-1/t6-;/m0./s1. The van der Waals surface area contributed by atoms with Crippen molar-refractivity contribution >= 4 is 11.9 Å². The summed E-state index contributed by atoms with van der Waals surface area (Å²) in [4.78, 5) is 23.1. The van der Waals surface area contributed by atoms with Gasteiger partial charge in [-0.2, -0.15) is 0 Å². The molecule has 70 valence electrons. The second-order valence-electron chi connectivity index (χ2n) is 4.12. The molecule has 14 heavy (non-hydrogen) atoms. The zero-order valence-electron chi connectivity index (χ0n) is 8.53. The van der Waals surface area contributed by atoms with Gasteiger partial charge in [0.25, 0.3) is 0 Å². The molecule has 0 radical (unpaired) electrons. The van der Waals surface area contributed by atoms with Gasteiger partial charge in [-0.15, -0.1) is 0 Å². The predicted octanol–water partition coefficient (Wildman–Crippen LogP) is -3.74. The van der Waals surface area contributed by atoms with Crippen molar-refractivity contribution in [3.05, 3.63) is 11.8 Å². The number of carboxylic acid groups (broad SMARTS) is 1. The number of hydrogen-bond acceptors (Lipinski definition) is 3. The van der Waals surface area contributed by atoms with Crippen molar-refractivity contribution in [2.75, 3.05) is 0 Å². The van der Waals surface area contributed by atoms with Crippen LogP contribution in [-0.2, 0) is 9.59 Å². The molecule has 2 aliphatic rings. The summed E-state index contributed by atoms with van der Waals surface area (Å²) in [5.74, 6) is -1.38. The van der Waals surface area contributed by atoms with E-state index in [2.05, 4.69) is 0 Å². The van der Waals surface area contributed by atoms with E-state index in [-0.39, 0.29) is 52.6 Å². The first-order chi connectivity index (χ1) is 5.93. The summed E-state index contributed by atoms with van der Waals surface area (Å²) in [5.41, 5.74) is -0.199. The van der Waals surface area contributed by atoms with Crippen LogP contribution in [0.15, 0.2) is 11.8 Å². The molecule has 5 heteroatoms. The van der Waals surface area contributed by atoms with Crippen molar-refractivity contribution in [1.29, 1.82) is 0 Å². The van der Waals surface area contributed by atoms with Gasteiger partial charge in [0.15, 0.2) is 0 Å². The minimum atomic E-state index is -1.26. The zero-order chi connectivity index (χ0) is 9.80. The molecule has 1 fully saturated rings. The number of rotatable bonds is 1. The van der Waals surface area contributed by atoms with Crippen LogP contribution in [0, 0.1) is 5.41 Å². The molecule has 0 unspecified atom stereocenters. The van der Waals surface area contributed by atoms with E-state index in [4.69, 9.17) is 0 Å². The van der Waals surface area contributed by atoms with Crippen LogP contribution in [0.5, 0.6) is 0 Å². The normalized spacial score (nSPS) is 27.3. The Labute approximate surface area is 104 Å². The molecule has 0 aromatic rings. The van der Waals surface area contributed by atoms with Gasteiger partial charge in [0, 0.05) is 11.8 Å². The smallest absolute Gasteiger partial charge is 0.543 e. The zero-order valence-corrected chi connectivity index (χ0v) is 10.5. The van der Waals surface area contributed by atoms with Crippen LogP contribution in [0.3, 0.4) is 0 Å². The quantitative estimate of drug-likeness (QED) is 0.325. The molecule has 1 saturated heterocycles. The Kier molecular flexibility index (Phi) is 2.82. The molecule has 0 aliphatic carbocycles. The van der Waals surface area contributed by atoms with Gasteiger partial charge in [-0.1, -0.05) is 19.9 Å². The fraction of sp³-hybridized carbons (Fsp3) is 0.556. The van der Waals surface area contributed by atoms with E-state index in [1.807, 2.05) is 13.8 Å². The molecule has 0 saturated carbocycles. The largest absolute Gasteiger partial charge is 1.00 e. The molecule has 0 bridgehead atoms. The van der Waals surface area contributed by atoms with Crippen molar-refractivity contribution < 1.29 is 44.3 Å². The van der Waals surface area contributed by atoms with Gasteiger partial charge in [-0.25, -0.2) is 0 Å². The molecule has 1 amide bonds. The molecule has 1 atom stereocenters. The third-order valence-electron chi connectivity index (χ3n) is 2.78. The fourth-order valence-corrected chi connectivity index (χ4v) is 1.99. The molecule has 2 aliphatic heterocycles. The summed E-state index contributed by atoms with van der Waals surface area (Å²) < 4.78 is 0. The van der Waals surface area contributed by atoms with Gasteiger partial charge in [-0.05, 0) is 0 Å². The van der Waals surface area contributed by atoms with Gasteiger partial charge in [0.2, 0.25) is 5.91 Å². The van der Waals surface area contributed by atoms with Crippen molar-refractivity contribution in [3.8, 4) is 0 Å². The maximum atomic E-state index is 11.1. The fourth-order valence-electron chi connectivity index (χ4n) is 1.99. The van der Waals surface area contributed by atoms with Gasteiger partial charge in [0.1, 0.15) is 0 Å². The van der Waals surface area contributed by atoms with E-state index in [1.165, 1.54) is 4.90 Å². The number of fused-ring (bicyclic) bond motifs is 1. The summed E-state index contributed by atoms with van der Waals surface area (Å²) in [6, 6.07) is 0.0212. The summed E-state index contributed by atoms with van der Waals surface area (Å²) in [5, 5.41) is 10.7. The summed E-state index contributed by atoms with van der Waals surface area (Å²) in [6.45, 7) is 3.85. The van der Waals surface area contributed by atoms with Gasteiger partial charge in [0.05, 0.1) is 17.7 Å². The van der Waals surface area contributed by atoms with Crippen LogP contribution in [-0.4, -0.2) is 22.8 Å². The van der Waals surface area contributed by atoms with E-state index < -0.39 is 5.97 Å². The first-order valence-corrected chi connectivity index (χ1v) is 4.20. The van der Waals surface area contributed by atoms with Crippen LogP contribution in [0.25, 0.3) is 0 Å². The van der Waals surface area contributed by atoms with Crippen LogP contribution in [0.2, 0.25) is 0 Å². The average Bonchev–Trinajstić information content (AvgIpc) is 2.18. The second-order valence-corrected chi connectivity index (χ2v) is 4.12. The Morgan fingerprint density at radius 1 is 1.64 bits per heavy atom.